The van der Waals surface area contributed by atoms with Gasteiger partial charge in [0.05, 0.1) is 10.6 Å². The minimum Gasteiger partial charge on any atom is -0.295 e. The molecule has 1 aromatic heterocycles. The van der Waals surface area contributed by atoms with Crippen molar-refractivity contribution in [3.63, 3.8) is 0 Å². The molecule has 0 aliphatic carbocycles. The van der Waals surface area contributed by atoms with Crippen LogP contribution in [-0.4, -0.2) is 14.6 Å². The van der Waals surface area contributed by atoms with Crippen LogP contribution in [0.15, 0.2) is 63.9 Å². The highest BCUT2D eigenvalue weighted by Crippen LogP contribution is 2.21. The number of hydrogen-bond acceptors (Lipinski definition) is 5. The third-order valence-corrected chi connectivity index (χ3v) is 2.94. The second-order valence-corrected chi connectivity index (χ2v) is 4.25. The molecule has 3 aromatic rings. The maximum Gasteiger partial charge on any atom is 0.446 e. The molecule has 0 saturated heterocycles. The molecule has 0 aliphatic rings. The van der Waals surface area contributed by atoms with E-state index in [-0.39, 0.29) is 5.69 Å². The van der Waals surface area contributed by atoms with Gasteiger partial charge in [-0.2, -0.15) is 0 Å². The predicted octanol–water partition coefficient (Wildman–Crippen LogP) is 2.40. The van der Waals surface area contributed by atoms with Crippen LogP contribution >= 0.6 is 0 Å². The SMILES string of the molecule is O=c1onc(-c2ccccc2)n1-c1cccc([N+](=O)[O-])c1. The first-order chi connectivity index (χ1) is 10.2. The lowest BCUT2D eigenvalue weighted by Crippen LogP contribution is -2.13. The van der Waals surface area contributed by atoms with E-state index in [2.05, 4.69) is 5.16 Å². The second-order valence-electron chi connectivity index (χ2n) is 4.25. The molecule has 0 saturated carbocycles. The van der Waals surface area contributed by atoms with Gasteiger partial charge in [0, 0.05) is 17.7 Å². The van der Waals surface area contributed by atoms with Crippen molar-refractivity contribution in [1.29, 1.82) is 0 Å². The number of nitrogens with zero attached hydrogens (tertiary/aromatic N) is 3. The lowest BCUT2D eigenvalue weighted by molar-refractivity contribution is -0.384. The molecule has 0 unspecified atom stereocenters. The molecule has 0 N–H and O–H groups in total. The molecule has 0 fully saturated rings. The number of hydrogen-bond donors (Lipinski definition) is 0. The quantitative estimate of drug-likeness (QED) is 0.543. The van der Waals surface area contributed by atoms with Gasteiger partial charge in [0.1, 0.15) is 0 Å². The first-order valence-electron chi connectivity index (χ1n) is 6.06. The molecule has 0 bridgehead atoms. The average molecular weight is 283 g/mol. The van der Waals surface area contributed by atoms with E-state index < -0.39 is 10.7 Å². The summed E-state index contributed by atoms with van der Waals surface area (Å²) in [5, 5.41) is 14.6. The summed E-state index contributed by atoms with van der Waals surface area (Å²) in [5.41, 5.74) is 0.892. The zero-order chi connectivity index (χ0) is 14.8. The molecule has 1 heterocycles. The molecular weight excluding hydrogens is 274 g/mol. The van der Waals surface area contributed by atoms with Crippen molar-refractivity contribution in [2.45, 2.75) is 0 Å². The highest BCUT2D eigenvalue weighted by Gasteiger charge is 2.16. The third-order valence-electron chi connectivity index (χ3n) is 2.94. The Labute approximate surface area is 118 Å². The minimum absolute atomic E-state index is 0.111. The van der Waals surface area contributed by atoms with E-state index in [0.29, 0.717) is 17.1 Å². The number of rotatable bonds is 3. The summed E-state index contributed by atoms with van der Waals surface area (Å²) in [6.45, 7) is 0. The van der Waals surface area contributed by atoms with Crippen molar-refractivity contribution in [2.24, 2.45) is 0 Å². The van der Waals surface area contributed by atoms with E-state index >= 15 is 0 Å². The van der Waals surface area contributed by atoms with Gasteiger partial charge < -0.3 is 0 Å². The fourth-order valence-corrected chi connectivity index (χ4v) is 1.99. The Morgan fingerprint density at radius 3 is 2.57 bits per heavy atom. The first kappa shape index (κ1) is 12.8. The largest absolute Gasteiger partial charge is 0.446 e. The Balaban J connectivity index is 2.20. The van der Waals surface area contributed by atoms with E-state index in [1.54, 1.807) is 30.3 Å². The minimum atomic E-state index is -0.700. The van der Waals surface area contributed by atoms with Crippen LogP contribution in [0.3, 0.4) is 0 Å². The van der Waals surface area contributed by atoms with Crippen LogP contribution < -0.4 is 5.76 Å². The van der Waals surface area contributed by atoms with Crippen LogP contribution in [0, 0.1) is 10.1 Å². The summed E-state index contributed by atoms with van der Waals surface area (Å²) in [7, 11) is 0. The maximum atomic E-state index is 11.9. The van der Waals surface area contributed by atoms with E-state index in [0.717, 1.165) is 0 Å². The zero-order valence-corrected chi connectivity index (χ0v) is 10.7. The normalized spacial score (nSPS) is 10.5. The van der Waals surface area contributed by atoms with Crippen molar-refractivity contribution in [3.05, 3.63) is 75.3 Å². The summed E-state index contributed by atoms with van der Waals surface area (Å²) < 4.78 is 5.89. The molecule has 21 heavy (non-hydrogen) atoms. The molecule has 0 atom stereocenters. The first-order valence-corrected chi connectivity index (χ1v) is 6.06. The average Bonchev–Trinajstić information content (AvgIpc) is 2.90. The monoisotopic (exact) mass is 283 g/mol. The van der Waals surface area contributed by atoms with Crippen molar-refractivity contribution in [1.82, 2.24) is 9.72 Å². The Hall–Kier alpha value is -3.22. The molecule has 104 valence electrons. The van der Waals surface area contributed by atoms with E-state index in [9.17, 15) is 14.9 Å². The van der Waals surface area contributed by atoms with Gasteiger partial charge in [0.2, 0.25) is 0 Å². The van der Waals surface area contributed by atoms with Gasteiger partial charge in [-0.25, -0.2) is 9.36 Å². The Kier molecular flexibility index (Phi) is 3.07. The van der Waals surface area contributed by atoms with Crippen LogP contribution in [0.1, 0.15) is 0 Å². The Morgan fingerprint density at radius 1 is 1.10 bits per heavy atom. The Bertz CT molecular complexity index is 852. The van der Waals surface area contributed by atoms with Crippen LogP contribution in [-0.2, 0) is 0 Å². The summed E-state index contributed by atoms with van der Waals surface area (Å²) in [4.78, 5) is 22.2. The Morgan fingerprint density at radius 2 is 1.86 bits per heavy atom. The third kappa shape index (κ3) is 2.32. The van der Waals surface area contributed by atoms with Crippen LogP contribution in [0.2, 0.25) is 0 Å². The summed E-state index contributed by atoms with van der Waals surface area (Å²) in [6.07, 6.45) is 0. The van der Waals surface area contributed by atoms with Crippen molar-refractivity contribution >= 4 is 5.69 Å². The summed E-state index contributed by atoms with van der Waals surface area (Å²) in [5.74, 6) is -0.407. The number of nitro benzene ring substituents is 1. The topological polar surface area (TPSA) is 91.2 Å². The molecule has 7 nitrogen and oxygen atoms in total. The summed E-state index contributed by atoms with van der Waals surface area (Å²) in [6, 6.07) is 14.7. The van der Waals surface area contributed by atoms with Crippen molar-refractivity contribution in [2.75, 3.05) is 0 Å². The van der Waals surface area contributed by atoms with E-state index in [1.807, 2.05) is 6.07 Å². The fraction of sp³-hybridized carbons (Fsp3) is 0. The predicted molar refractivity (Wildman–Crippen MR) is 74.2 cm³/mol. The second kappa shape index (κ2) is 5.04. The molecule has 0 spiro atoms. The van der Waals surface area contributed by atoms with Gasteiger partial charge in [0.25, 0.3) is 5.69 Å². The van der Waals surface area contributed by atoms with Crippen LogP contribution in [0.25, 0.3) is 17.1 Å². The van der Waals surface area contributed by atoms with E-state index in [4.69, 9.17) is 4.52 Å². The standard InChI is InChI=1S/C14H9N3O4/c18-14-16(11-7-4-8-12(9-11)17(19)20)13(15-21-14)10-5-2-1-3-6-10/h1-9H. The number of non-ortho nitro benzene ring substituents is 1. The molecular formula is C14H9N3O4. The van der Waals surface area contributed by atoms with Crippen LogP contribution in [0.4, 0.5) is 5.69 Å². The zero-order valence-electron chi connectivity index (χ0n) is 10.7. The smallest absolute Gasteiger partial charge is 0.295 e. The van der Waals surface area contributed by atoms with Crippen molar-refractivity contribution < 1.29 is 9.45 Å². The summed E-state index contributed by atoms with van der Waals surface area (Å²) >= 11 is 0. The fourth-order valence-electron chi connectivity index (χ4n) is 1.99. The van der Waals surface area contributed by atoms with Gasteiger partial charge in [0.15, 0.2) is 5.82 Å². The number of benzene rings is 2. The highest BCUT2D eigenvalue weighted by atomic mass is 16.6. The molecule has 2 aromatic carbocycles. The van der Waals surface area contributed by atoms with Crippen LogP contribution in [0.5, 0.6) is 0 Å². The maximum absolute atomic E-state index is 11.9. The molecule has 0 aliphatic heterocycles. The van der Waals surface area contributed by atoms with Crippen molar-refractivity contribution in [3.8, 4) is 17.1 Å². The molecule has 3 rings (SSSR count). The lowest BCUT2D eigenvalue weighted by atomic mass is 10.2. The van der Waals surface area contributed by atoms with Gasteiger partial charge in [-0.15, -0.1) is 0 Å². The number of aromatic nitrogens is 2. The molecule has 0 amide bonds. The van der Waals surface area contributed by atoms with Gasteiger partial charge in [-0.3, -0.25) is 14.6 Å². The highest BCUT2D eigenvalue weighted by molar-refractivity contribution is 5.58. The lowest BCUT2D eigenvalue weighted by Gasteiger charge is -2.04. The van der Waals surface area contributed by atoms with Gasteiger partial charge >= 0.3 is 5.76 Å². The molecule has 0 radical (unpaired) electrons. The molecule has 7 heteroatoms. The van der Waals surface area contributed by atoms with E-state index in [1.165, 1.54) is 22.8 Å². The van der Waals surface area contributed by atoms with Gasteiger partial charge in [-0.1, -0.05) is 41.6 Å². The number of nitro groups is 1. The van der Waals surface area contributed by atoms with Gasteiger partial charge in [-0.05, 0) is 6.07 Å².